The van der Waals surface area contributed by atoms with Gasteiger partial charge in [-0.3, -0.25) is 4.79 Å². The van der Waals surface area contributed by atoms with Crippen molar-refractivity contribution in [1.82, 2.24) is 14.6 Å². The lowest BCUT2D eigenvalue weighted by Crippen LogP contribution is -2.23. The van der Waals surface area contributed by atoms with E-state index < -0.39 is 0 Å². The first-order valence-electron chi connectivity index (χ1n) is 8.03. The zero-order valence-electron chi connectivity index (χ0n) is 14.6. The Bertz CT molecular complexity index is 1220. The van der Waals surface area contributed by atoms with Crippen molar-refractivity contribution >= 4 is 45.9 Å². The van der Waals surface area contributed by atoms with Gasteiger partial charge in [-0.25, -0.2) is 0 Å². The Kier molecular flexibility index (Phi) is 4.74. The van der Waals surface area contributed by atoms with Gasteiger partial charge in [0.2, 0.25) is 4.96 Å². The predicted molar refractivity (Wildman–Crippen MR) is 109 cm³/mol. The van der Waals surface area contributed by atoms with Crippen LogP contribution in [0.2, 0.25) is 0 Å². The molecule has 0 radical (unpaired) electrons. The van der Waals surface area contributed by atoms with Gasteiger partial charge in [-0.1, -0.05) is 23.5 Å². The van der Waals surface area contributed by atoms with Crippen LogP contribution in [-0.4, -0.2) is 28.8 Å². The second kappa shape index (κ2) is 7.34. The molecule has 0 aliphatic rings. The van der Waals surface area contributed by atoms with Crippen LogP contribution in [0.15, 0.2) is 40.5 Å². The lowest BCUT2D eigenvalue weighted by atomic mass is 10.2. The first-order chi connectivity index (χ1) is 13.2. The smallest absolute Gasteiger partial charge is 0.291 e. The topological polar surface area (TPSA) is 65.7 Å². The molecule has 0 amide bonds. The molecule has 3 heterocycles. The summed E-state index contributed by atoms with van der Waals surface area (Å²) in [6, 6.07) is 9.49. The fourth-order valence-corrected chi connectivity index (χ4v) is 4.09. The van der Waals surface area contributed by atoms with Gasteiger partial charge in [0.25, 0.3) is 5.56 Å². The maximum atomic E-state index is 12.6. The molecule has 0 saturated carbocycles. The molecule has 27 heavy (non-hydrogen) atoms. The molecule has 6 nitrogen and oxygen atoms in total. The minimum Gasteiger partial charge on any atom is -0.493 e. The molecule has 0 atom stereocenters. The Hall–Kier alpha value is -2.97. The number of hydrogen-bond donors (Lipinski definition) is 0. The molecule has 8 heteroatoms. The molecule has 0 spiro atoms. The molecule has 1 aromatic carbocycles. The molecule has 3 aromatic heterocycles. The molecule has 136 valence electrons. The minimum atomic E-state index is -0.187. The number of rotatable bonds is 5. The normalized spacial score (nSPS) is 12.3. The Labute approximate surface area is 162 Å². The van der Waals surface area contributed by atoms with Gasteiger partial charge in [-0.05, 0) is 47.4 Å². The van der Waals surface area contributed by atoms with Crippen molar-refractivity contribution in [3.8, 4) is 11.5 Å². The van der Waals surface area contributed by atoms with E-state index in [9.17, 15) is 4.79 Å². The fourth-order valence-electron chi connectivity index (χ4n) is 2.56. The largest absolute Gasteiger partial charge is 0.493 e. The van der Waals surface area contributed by atoms with Crippen molar-refractivity contribution in [2.75, 3.05) is 14.2 Å². The van der Waals surface area contributed by atoms with Gasteiger partial charge >= 0.3 is 0 Å². The van der Waals surface area contributed by atoms with Crippen LogP contribution >= 0.6 is 22.7 Å². The van der Waals surface area contributed by atoms with Crippen LogP contribution in [0.4, 0.5) is 0 Å². The Morgan fingerprint density at radius 3 is 2.67 bits per heavy atom. The second-order valence-electron chi connectivity index (χ2n) is 5.54. The zero-order valence-corrected chi connectivity index (χ0v) is 16.2. The average Bonchev–Trinajstić information content (AvgIpc) is 3.39. The number of nitrogens with zero attached hydrogens (tertiary/aromatic N) is 3. The first-order valence-corrected chi connectivity index (χ1v) is 9.72. The van der Waals surface area contributed by atoms with E-state index in [4.69, 9.17) is 9.47 Å². The summed E-state index contributed by atoms with van der Waals surface area (Å²) in [5, 5.41) is 6.30. The zero-order chi connectivity index (χ0) is 18.8. The van der Waals surface area contributed by atoms with E-state index in [0.29, 0.717) is 26.8 Å². The summed E-state index contributed by atoms with van der Waals surface area (Å²) in [6.07, 6.45) is 5.54. The Morgan fingerprint density at radius 2 is 1.96 bits per heavy atom. The van der Waals surface area contributed by atoms with Gasteiger partial charge < -0.3 is 9.47 Å². The molecule has 0 aliphatic carbocycles. The minimum absolute atomic E-state index is 0.187. The van der Waals surface area contributed by atoms with E-state index in [1.807, 2.05) is 41.8 Å². The van der Waals surface area contributed by atoms with Gasteiger partial charge in [0.05, 0.1) is 18.8 Å². The lowest BCUT2D eigenvalue weighted by Gasteiger charge is -2.07. The second-order valence-corrected chi connectivity index (χ2v) is 7.53. The SMILES string of the molecule is COc1ccc(/C=c2\sc3nc(/C=C/c4cccs4)nn3c2=O)cc1OC. The standard InChI is InChI=1S/C19H15N3O3S2/c1-24-14-7-5-12(10-15(14)25-2)11-16-18(23)22-19(27-16)20-17(21-22)8-6-13-4-3-9-26-13/h3-11H,1-2H3/b8-6+,16-11-. The number of thiophene rings is 1. The van der Waals surface area contributed by atoms with Crippen LogP contribution in [0.3, 0.4) is 0 Å². The monoisotopic (exact) mass is 397 g/mol. The third kappa shape index (κ3) is 3.49. The van der Waals surface area contributed by atoms with Crippen LogP contribution in [0, 0.1) is 0 Å². The van der Waals surface area contributed by atoms with Gasteiger partial charge in [0, 0.05) is 4.88 Å². The van der Waals surface area contributed by atoms with Crippen molar-refractivity contribution in [2.24, 2.45) is 0 Å². The first kappa shape index (κ1) is 17.4. The highest BCUT2D eigenvalue weighted by Crippen LogP contribution is 2.27. The molecule has 4 aromatic rings. The quantitative estimate of drug-likeness (QED) is 0.518. The van der Waals surface area contributed by atoms with Gasteiger partial charge in [-0.15, -0.1) is 16.4 Å². The molecule has 0 saturated heterocycles. The summed E-state index contributed by atoms with van der Waals surface area (Å²) in [5.74, 6) is 1.77. The molecule has 0 aliphatic heterocycles. The van der Waals surface area contributed by atoms with Crippen LogP contribution in [0.5, 0.6) is 11.5 Å². The number of methoxy groups -OCH3 is 2. The number of hydrogen-bond acceptors (Lipinski definition) is 7. The van der Waals surface area contributed by atoms with Crippen molar-refractivity contribution in [3.05, 3.63) is 66.9 Å². The number of ether oxygens (including phenoxy) is 2. The van der Waals surface area contributed by atoms with Gasteiger partial charge in [0.1, 0.15) is 0 Å². The predicted octanol–water partition coefficient (Wildman–Crippen LogP) is 2.95. The third-order valence-corrected chi connectivity index (χ3v) is 5.64. The van der Waals surface area contributed by atoms with Crippen molar-refractivity contribution in [2.45, 2.75) is 0 Å². The highest BCUT2D eigenvalue weighted by atomic mass is 32.1. The van der Waals surface area contributed by atoms with Crippen molar-refractivity contribution in [3.63, 3.8) is 0 Å². The van der Waals surface area contributed by atoms with E-state index in [1.54, 1.807) is 37.7 Å². The maximum absolute atomic E-state index is 12.6. The van der Waals surface area contributed by atoms with E-state index in [0.717, 1.165) is 10.4 Å². The summed E-state index contributed by atoms with van der Waals surface area (Å²) >= 11 is 2.94. The number of benzene rings is 1. The van der Waals surface area contributed by atoms with Crippen LogP contribution < -0.4 is 19.6 Å². The molecule has 0 bridgehead atoms. The van der Waals surface area contributed by atoms with Crippen molar-refractivity contribution in [1.29, 1.82) is 0 Å². The fraction of sp³-hybridized carbons (Fsp3) is 0.105. The average molecular weight is 397 g/mol. The lowest BCUT2D eigenvalue weighted by molar-refractivity contribution is 0.355. The van der Waals surface area contributed by atoms with E-state index in [2.05, 4.69) is 10.1 Å². The van der Waals surface area contributed by atoms with Gasteiger partial charge in [0.15, 0.2) is 17.3 Å². The highest BCUT2D eigenvalue weighted by Gasteiger charge is 2.09. The molecule has 0 unspecified atom stereocenters. The van der Waals surface area contributed by atoms with Gasteiger partial charge in [-0.2, -0.15) is 9.50 Å². The third-order valence-electron chi connectivity index (χ3n) is 3.84. The molecule has 4 rings (SSSR count). The maximum Gasteiger partial charge on any atom is 0.291 e. The Morgan fingerprint density at radius 1 is 1.11 bits per heavy atom. The summed E-state index contributed by atoms with van der Waals surface area (Å²) in [4.78, 5) is 18.7. The summed E-state index contributed by atoms with van der Waals surface area (Å²) in [5.41, 5.74) is 0.653. The van der Waals surface area contributed by atoms with E-state index in [-0.39, 0.29) is 5.56 Å². The van der Waals surface area contributed by atoms with E-state index >= 15 is 0 Å². The molecular weight excluding hydrogens is 382 g/mol. The highest BCUT2D eigenvalue weighted by molar-refractivity contribution is 7.15. The Balaban J connectivity index is 1.69. The number of thiazole rings is 1. The summed E-state index contributed by atoms with van der Waals surface area (Å²) in [7, 11) is 3.16. The molecule has 0 fully saturated rings. The van der Waals surface area contributed by atoms with Crippen molar-refractivity contribution < 1.29 is 9.47 Å². The molecular formula is C19H15N3O3S2. The van der Waals surface area contributed by atoms with Crippen LogP contribution in [0.25, 0.3) is 23.2 Å². The number of aromatic nitrogens is 3. The number of fused-ring (bicyclic) bond motifs is 1. The molecule has 0 N–H and O–H groups in total. The summed E-state index contributed by atoms with van der Waals surface area (Å²) < 4.78 is 12.4. The van der Waals surface area contributed by atoms with Crippen LogP contribution in [-0.2, 0) is 0 Å². The van der Waals surface area contributed by atoms with E-state index in [1.165, 1.54) is 15.9 Å². The van der Waals surface area contributed by atoms with Crippen LogP contribution in [0.1, 0.15) is 16.3 Å². The summed E-state index contributed by atoms with van der Waals surface area (Å²) in [6.45, 7) is 0.